The molecule has 2 aromatic rings. The van der Waals surface area contributed by atoms with Crippen LogP contribution in [0.5, 0.6) is 5.75 Å². The summed E-state index contributed by atoms with van der Waals surface area (Å²) in [4.78, 5) is 18.3. The Hall–Kier alpha value is -2.39. The molecule has 0 radical (unpaired) electrons. The molecule has 2 saturated heterocycles. The quantitative estimate of drug-likeness (QED) is 0.737. The molecule has 2 aliphatic heterocycles. The fourth-order valence-corrected chi connectivity index (χ4v) is 7.48. The van der Waals surface area contributed by atoms with E-state index in [9.17, 15) is 17.6 Å². The van der Waals surface area contributed by atoms with Gasteiger partial charge in [0.25, 0.3) is 5.91 Å². The molecule has 9 heteroatoms. The van der Waals surface area contributed by atoms with E-state index >= 15 is 0 Å². The number of carbonyl (C=O) groups is 1. The zero-order valence-corrected chi connectivity index (χ0v) is 17.2. The number of thioether (sulfide) groups is 1. The molecular formula is C20H19FN2O4S2. The summed E-state index contributed by atoms with van der Waals surface area (Å²) in [7, 11) is -1.64. The number of methoxy groups -OCH3 is 1. The van der Waals surface area contributed by atoms with Crippen molar-refractivity contribution in [2.24, 2.45) is 4.99 Å². The molecule has 2 aromatic carbocycles. The molecule has 2 fully saturated rings. The molecule has 0 spiro atoms. The average Bonchev–Trinajstić information content (AvgIpc) is 3.13. The normalized spacial score (nSPS) is 23.9. The van der Waals surface area contributed by atoms with Crippen molar-refractivity contribution in [2.45, 2.75) is 17.7 Å². The number of benzene rings is 2. The maximum absolute atomic E-state index is 14.5. The summed E-state index contributed by atoms with van der Waals surface area (Å²) in [6.45, 7) is 0. The van der Waals surface area contributed by atoms with E-state index in [2.05, 4.69) is 4.99 Å². The largest absolute Gasteiger partial charge is 0.497 e. The van der Waals surface area contributed by atoms with Crippen molar-refractivity contribution < 1.29 is 22.3 Å². The summed E-state index contributed by atoms with van der Waals surface area (Å²) in [6.07, 6.45) is 0.0901. The van der Waals surface area contributed by atoms with E-state index in [1.54, 1.807) is 54.5 Å². The average molecular weight is 435 g/mol. The van der Waals surface area contributed by atoms with Gasteiger partial charge in [-0.15, -0.1) is 0 Å². The Bertz CT molecular complexity index is 1070. The molecule has 2 heterocycles. The molecule has 0 aliphatic carbocycles. The van der Waals surface area contributed by atoms with Crippen LogP contribution < -0.4 is 9.64 Å². The molecule has 0 bridgehead atoms. The molecule has 0 saturated carbocycles. The number of hydrogen-bond acceptors (Lipinski definition) is 5. The predicted molar refractivity (Wildman–Crippen MR) is 112 cm³/mol. The number of carbonyl (C=O) groups excluding carboxylic acids is 1. The number of nitrogens with zero attached hydrogens (tertiary/aromatic N) is 2. The van der Waals surface area contributed by atoms with Crippen LogP contribution in [0.2, 0.25) is 0 Å². The van der Waals surface area contributed by atoms with E-state index in [1.807, 2.05) is 0 Å². The molecule has 0 aromatic heterocycles. The second-order valence-corrected chi connectivity index (χ2v) is 10.3. The number of aliphatic imine (C=N–C) groups is 1. The van der Waals surface area contributed by atoms with Gasteiger partial charge in [0.15, 0.2) is 15.0 Å². The second kappa shape index (κ2) is 7.79. The number of ether oxygens (including phenoxy) is 1. The summed E-state index contributed by atoms with van der Waals surface area (Å²) in [6, 6.07) is 12.8. The monoisotopic (exact) mass is 434 g/mol. The van der Waals surface area contributed by atoms with Crippen molar-refractivity contribution in [1.29, 1.82) is 0 Å². The molecule has 4 rings (SSSR count). The van der Waals surface area contributed by atoms with Crippen LogP contribution in [0.4, 0.5) is 10.1 Å². The highest BCUT2D eigenvalue weighted by molar-refractivity contribution is 8.16. The number of amidine groups is 1. The number of amides is 1. The summed E-state index contributed by atoms with van der Waals surface area (Å²) in [5.41, 5.74) is 1.02. The van der Waals surface area contributed by atoms with Gasteiger partial charge < -0.3 is 9.64 Å². The van der Waals surface area contributed by atoms with Gasteiger partial charge in [-0.25, -0.2) is 12.8 Å². The van der Waals surface area contributed by atoms with Crippen molar-refractivity contribution in [3.63, 3.8) is 0 Å². The molecule has 29 heavy (non-hydrogen) atoms. The minimum atomic E-state index is -3.20. The number of hydrogen-bond donors (Lipinski definition) is 0. The first-order valence-corrected chi connectivity index (χ1v) is 11.7. The fourth-order valence-electron chi connectivity index (χ4n) is 3.56. The van der Waals surface area contributed by atoms with Crippen molar-refractivity contribution in [3.8, 4) is 5.75 Å². The number of sulfone groups is 1. The lowest BCUT2D eigenvalue weighted by atomic mass is 10.1. The van der Waals surface area contributed by atoms with Crippen LogP contribution in [0.25, 0.3) is 0 Å². The lowest BCUT2D eigenvalue weighted by Crippen LogP contribution is -2.38. The Morgan fingerprint density at radius 3 is 2.62 bits per heavy atom. The maximum Gasteiger partial charge on any atom is 0.252 e. The zero-order chi connectivity index (χ0) is 20.6. The Kier molecular flexibility index (Phi) is 5.35. The topological polar surface area (TPSA) is 76.0 Å². The molecular weight excluding hydrogens is 415 g/mol. The first-order chi connectivity index (χ1) is 13.9. The number of rotatable bonds is 4. The maximum atomic E-state index is 14.5. The van der Waals surface area contributed by atoms with Crippen LogP contribution in [0, 0.1) is 5.82 Å². The molecule has 0 N–H and O–H groups in total. The summed E-state index contributed by atoms with van der Waals surface area (Å²) in [5.74, 6) is -0.238. The van der Waals surface area contributed by atoms with Crippen LogP contribution in [-0.4, -0.2) is 49.4 Å². The van der Waals surface area contributed by atoms with Crippen LogP contribution in [0.3, 0.4) is 0 Å². The minimum absolute atomic E-state index is 0.00102. The van der Waals surface area contributed by atoms with Crippen molar-refractivity contribution in [3.05, 3.63) is 59.9 Å². The molecule has 0 unspecified atom stereocenters. The van der Waals surface area contributed by atoms with Gasteiger partial charge in [0, 0.05) is 5.25 Å². The number of anilines is 1. The third-order valence-corrected chi connectivity index (χ3v) is 8.12. The lowest BCUT2D eigenvalue weighted by molar-refractivity contribution is -0.117. The molecule has 2 atom stereocenters. The van der Waals surface area contributed by atoms with Gasteiger partial charge in [-0.2, -0.15) is 4.99 Å². The van der Waals surface area contributed by atoms with Crippen LogP contribution >= 0.6 is 11.8 Å². The Morgan fingerprint density at radius 2 is 1.93 bits per heavy atom. The summed E-state index contributed by atoms with van der Waals surface area (Å²) in [5, 5.41) is 0.0747. The Morgan fingerprint density at radius 1 is 1.21 bits per heavy atom. The number of fused-ring (bicyclic) bond motifs is 1. The zero-order valence-electron chi connectivity index (χ0n) is 15.6. The number of para-hydroxylation sites is 1. The minimum Gasteiger partial charge on any atom is -0.497 e. The molecule has 1 amide bonds. The van der Waals surface area contributed by atoms with Crippen LogP contribution in [0.15, 0.2) is 53.5 Å². The predicted octanol–water partition coefficient (Wildman–Crippen LogP) is 2.68. The highest BCUT2D eigenvalue weighted by Gasteiger charge is 2.49. The smallest absolute Gasteiger partial charge is 0.252 e. The molecule has 152 valence electrons. The van der Waals surface area contributed by atoms with Gasteiger partial charge >= 0.3 is 0 Å². The Balaban J connectivity index is 1.62. The molecule has 2 aliphatic rings. The van der Waals surface area contributed by atoms with E-state index in [4.69, 9.17) is 4.74 Å². The highest BCUT2D eigenvalue weighted by atomic mass is 32.2. The van der Waals surface area contributed by atoms with E-state index in [0.29, 0.717) is 10.9 Å². The van der Waals surface area contributed by atoms with Gasteiger partial charge in [0.2, 0.25) is 0 Å². The van der Waals surface area contributed by atoms with E-state index < -0.39 is 21.7 Å². The van der Waals surface area contributed by atoms with Crippen LogP contribution in [-0.2, 0) is 21.1 Å². The van der Waals surface area contributed by atoms with Gasteiger partial charge in [-0.1, -0.05) is 36.0 Å². The van der Waals surface area contributed by atoms with Gasteiger partial charge in [0.1, 0.15) is 11.6 Å². The van der Waals surface area contributed by atoms with Gasteiger partial charge in [-0.05, 0) is 29.8 Å². The number of halogens is 1. The standard InChI is InChI=1S/C20H19FN2O4S2/c1-27-14-8-6-13(7-9-14)10-19(24)22-20-23(16-5-3-2-4-15(16)21)17-11-29(25,26)12-18(17)28-20/h2-9,17-18H,10-12H2,1H3/t17-,18+/m1/s1. The second-order valence-electron chi connectivity index (χ2n) is 6.93. The molecule has 6 nitrogen and oxygen atoms in total. The summed E-state index contributed by atoms with van der Waals surface area (Å²) >= 11 is 1.23. The first-order valence-electron chi connectivity index (χ1n) is 9.01. The first kappa shape index (κ1) is 19.9. The van der Waals surface area contributed by atoms with E-state index in [-0.39, 0.29) is 34.8 Å². The lowest BCUT2D eigenvalue weighted by Gasteiger charge is -2.24. The fraction of sp³-hybridized carbons (Fsp3) is 0.300. The van der Waals surface area contributed by atoms with Gasteiger partial charge in [-0.3, -0.25) is 4.79 Å². The Labute approximate surface area is 172 Å². The van der Waals surface area contributed by atoms with E-state index in [1.165, 1.54) is 17.8 Å². The van der Waals surface area contributed by atoms with E-state index in [0.717, 1.165) is 5.56 Å². The van der Waals surface area contributed by atoms with Crippen molar-refractivity contribution >= 4 is 38.4 Å². The third kappa shape index (κ3) is 4.16. The van der Waals surface area contributed by atoms with Gasteiger partial charge in [0.05, 0.1) is 36.8 Å². The van der Waals surface area contributed by atoms with Crippen molar-refractivity contribution in [2.75, 3.05) is 23.5 Å². The highest BCUT2D eigenvalue weighted by Crippen LogP contribution is 2.41. The van der Waals surface area contributed by atoms with Crippen molar-refractivity contribution in [1.82, 2.24) is 0 Å². The SMILES string of the molecule is COc1ccc(CC(=O)N=C2S[C@H]3CS(=O)(=O)C[C@H]3N2c2ccccc2F)cc1. The van der Waals surface area contributed by atoms with Crippen LogP contribution in [0.1, 0.15) is 5.56 Å². The summed E-state index contributed by atoms with van der Waals surface area (Å²) < 4.78 is 43.7. The third-order valence-electron chi connectivity index (χ3n) is 4.91.